The molecule has 0 radical (unpaired) electrons. The fourth-order valence-electron chi connectivity index (χ4n) is 4.01. The molecule has 0 saturated carbocycles. The van der Waals surface area contributed by atoms with Gasteiger partial charge in [0.15, 0.2) is 9.84 Å². The van der Waals surface area contributed by atoms with E-state index in [4.69, 9.17) is 0 Å². The van der Waals surface area contributed by atoms with Crippen LogP contribution in [0.3, 0.4) is 0 Å². The van der Waals surface area contributed by atoms with Crippen molar-refractivity contribution in [3.63, 3.8) is 0 Å². The van der Waals surface area contributed by atoms with Gasteiger partial charge < -0.3 is 10.6 Å². The number of nitrogens with one attached hydrogen (secondary N) is 3. The van der Waals surface area contributed by atoms with Crippen LogP contribution < -0.4 is 16.1 Å². The zero-order valence-corrected chi connectivity index (χ0v) is 18.7. The SMILES string of the molecule is CC1=C(C(=O)Nc2ccc(S(C)(=O)=O)cn2)C(=O)N2NC(C(F)(F)F)C(c3ccccc3)C2N1. The smallest absolute Gasteiger partial charge is 0.366 e. The number of nitrogens with zero attached hydrogens (tertiary/aromatic N) is 2. The second-order valence-corrected chi connectivity index (χ2v) is 9.97. The number of hydrogen-bond acceptors (Lipinski definition) is 7. The van der Waals surface area contributed by atoms with Crippen LogP contribution in [0.5, 0.6) is 0 Å². The molecule has 1 fully saturated rings. The summed E-state index contributed by atoms with van der Waals surface area (Å²) in [5.74, 6) is -3.02. The van der Waals surface area contributed by atoms with Crippen LogP contribution in [0.25, 0.3) is 0 Å². The Morgan fingerprint density at radius 3 is 2.38 bits per heavy atom. The van der Waals surface area contributed by atoms with Gasteiger partial charge in [-0.1, -0.05) is 30.3 Å². The number of rotatable bonds is 4. The summed E-state index contributed by atoms with van der Waals surface area (Å²) in [6.45, 7) is 1.42. The van der Waals surface area contributed by atoms with Gasteiger partial charge in [-0.3, -0.25) is 9.59 Å². The third-order valence-corrected chi connectivity index (χ3v) is 6.70. The number of hydrazine groups is 1. The summed E-state index contributed by atoms with van der Waals surface area (Å²) in [5.41, 5.74) is 2.30. The number of allylic oxidation sites excluding steroid dienone is 1. The van der Waals surface area contributed by atoms with Crippen LogP contribution in [0.4, 0.5) is 19.0 Å². The molecule has 3 heterocycles. The number of anilines is 1. The van der Waals surface area contributed by atoms with Crippen LogP contribution in [0.2, 0.25) is 0 Å². The molecule has 0 aliphatic carbocycles. The predicted molar refractivity (Wildman–Crippen MR) is 115 cm³/mol. The van der Waals surface area contributed by atoms with Gasteiger partial charge >= 0.3 is 6.18 Å². The first kappa shape index (κ1) is 23.7. The quantitative estimate of drug-likeness (QED) is 0.552. The number of alkyl halides is 3. The van der Waals surface area contributed by atoms with Crippen LogP contribution in [0.1, 0.15) is 18.4 Å². The highest BCUT2D eigenvalue weighted by molar-refractivity contribution is 7.90. The average Bonchev–Trinajstić information content (AvgIpc) is 3.14. The molecular weight excluding hydrogens is 475 g/mol. The van der Waals surface area contributed by atoms with E-state index in [-0.39, 0.29) is 16.4 Å². The third-order valence-electron chi connectivity index (χ3n) is 5.60. The minimum absolute atomic E-state index is 0.0302. The number of halogens is 3. The number of amides is 2. The lowest BCUT2D eigenvalue weighted by Crippen LogP contribution is -2.56. The van der Waals surface area contributed by atoms with Crippen molar-refractivity contribution >= 4 is 27.5 Å². The summed E-state index contributed by atoms with van der Waals surface area (Å²) in [7, 11) is -3.50. The van der Waals surface area contributed by atoms with E-state index in [0.717, 1.165) is 17.5 Å². The first-order chi connectivity index (χ1) is 15.9. The Kier molecular flexibility index (Phi) is 5.85. The van der Waals surface area contributed by atoms with E-state index in [0.29, 0.717) is 5.56 Å². The van der Waals surface area contributed by atoms with E-state index >= 15 is 0 Å². The zero-order chi connectivity index (χ0) is 24.8. The van der Waals surface area contributed by atoms with Crippen molar-refractivity contribution in [1.82, 2.24) is 20.7 Å². The van der Waals surface area contributed by atoms with E-state index in [1.807, 2.05) is 0 Å². The molecule has 1 aromatic carbocycles. The van der Waals surface area contributed by atoms with Crippen LogP contribution >= 0.6 is 0 Å². The van der Waals surface area contributed by atoms with Crippen molar-refractivity contribution < 1.29 is 31.2 Å². The fraction of sp³-hybridized carbons (Fsp3) is 0.286. The van der Waals surface area contributed by atoms with Gasteiger partial charge in [-0.15, -0.1) is 0 Å². The van der Waals surface area contributed by atoms with E-state index < -0.39 is 51.5 Å². The summed E-state index contributed by atoms with van der Waals surface area (Å²) >= 11 is 0. The first-order valence-corrected chi connectivity index (χ1v) is 11.9. The van der Waals surface area contributed by atoms with Crippen molar-refractivity contribution in [1.29, 1.82) is 0 Å². The Bertz CT molecular complexity index is 1260. The normalized spacial score (nSPS) is 22.9. The zero-order valence-electron chi connectivity index (χ0n) is 17.9. The lowest BCUT2D eigenvalue weighted by molar-refractivity contribution is -0.161. The second kappa shape index (κ2) is 8.40. The lowest BCUT2D eigenvalue weighted by Gasteiger charge is -2.34. The third kappa shape index (κ3) is 4.35. The summed E-state index contributed by atoms with van der Waals surface area (Å²) in [6, 6.07) is 8.41. The molecule has 34 heavy (non-hydrogen) atoms. The second-order valence-electron chi connectivity index (χ2n) is 7.95. The maximum Gasteiger partial charge on any atom is 0.406 e. The molecular formula is C21H20F3N5O4S. The molecule has 4 rings (SSSR count). The number of benzene rings is 1. The number of carbonyl (C=O) groups is 2. The molecule has 1 aromatic heterocycles. The summed E-state index contributed by atoms with van der Waals surface area (Å²) in [6.07, 6.45) is -3.70. The van der Waals surface area contributed by atoms with Crippen LogP contribution in [-0.4, -0.2) is 54.9 Å². The van der Waals surface area contributed by atoms with Crippen molar-refractivity contribution in [2.24, 2.45) is 0 Å². The standard InChI is InChI=1S/C21H20F3N5O4S/c1-11-15(19(30)27-14-9-8-13(10-25-14)34(2,32)33)20(31)29-18(26-11)16(12-6-4-3-5-7-12)17(28-29)21(22,23)24/h3-10,16-18,26,28H,1-2H3,(H,25,27,30). The van der Waals surface area contributed by atoms with Gasteiger partial charge in [-0.25, -0.2) is 23.8 Å². The van der Waals surface area contributed by atoms with Gasteiger partial charge in [-0.2, -0.15) is 13.2 Å². The molecule has 2 amide bonds. The van der Waals surface area contributed by atoms with Gasteiger partial charge in [-0.05, 0) is 24.6 Å². The van der Waals surface area contributed by atoms with E-state index in [9.17, 15) is 31.2 Å². The predicted octanol–water partition coefficient (Wildman–Crippen LogP) is 1.69. The van der Waals surface area contributed by atoms with Crippen molar-refractivity contribution in [3.05, 3.63) is 65.5 Å². The molecule has 0 spiro atoms. The molecule has 2 aliphatic heterocycles. The molecule has 1 saturated heterocycles. The van der Waals surface area contributed by atoms with Gasteiger partial charge in [0.25, 0.3) is 11.8 Å². The molecule has 180 valence electrons. The summed E-state index contributed by atoms with van der Waals surface area (Å²) < 4.78 is 64.6. The average molecular weight is 495 g/mol. The minimum atomic E-state index is -4.67. The van der Waals surface area contributed by atoms with Gasteiger partial charge in [0.2, 0.25) is 0 Å². The van der Waals surface area contributed by atoms with Crippen molar-refractivity contribution in [2.45, 2.75) is 36.1 Å². The molecule has 3 N–H and O–H groups in total. The molecule has 0 bridgehead atoms. The molecule has 3 atom stereocenters. The summed E-state index contributed by atoms with van der Waals surface area (Å²) in [5, 5.41) is 6.03. The van der Waals surface area contributed by atoms with Crippen LogP contribution in [0, 0.1) is 0 Å². The maximum atomic E-state index is 13.8. The van der Waals surface area contributed by atoms with E-state index in [2.05, 4.69) is 21.0 Å². The largest absolute Gasteiger partial charge is 0.406 e. The number of fused-ring (bicyclic) bond motifs is 1. The monoisotopic (exact) mass is 495 g/mol. The first-order valence-electron chi connectivity index (χ1n) is 10.0. The highest BCUT2D eigenvalue weighted by Crippen LogP contribution is 2.41. The highest BCUT2D eigenvalue weighted by atomic mass is 32.2. The Morgan fingerprint density at radius 1 is 1.15 bits per heavy atom. The van der Waals surface area contributed by atoms with Gasteiger partial charge in [0, 0.05) is 18.1 Å². The lowest BCUT2D eigenvalue weighted by atomic mass is 9.89. The van der Waals surface area contributed by atoms with Gasteiger partial charge in [0.05, 0.1) is 10.8 Å². The van der Waals surface area contributed by atoms with Gasteiger partial charge in [0.1, 0.15) is 23.6 Å². The number of hydrogen-bond donors (Lipinski definition) is 3. The molecule has 2 aliphatic rings. The Labute approximate surface area is 192 Å². The Balaban J connectivity index is 1.62. The number of pyridine rings is 1. The minimum Gasteiger partial charge on any atom is -0.366 e. The van der Waals surface area contributed by atoms with Crippen molar-refractivity contribution in [3.8, 4) is 0 Å². The van der Waals surface area contributed by atoms with Crippen molar-refractivity contribution in [2.75, 3.05) is 11.6 Å². The topological polar surface area (TPSA) is 120 Å². The summed E-state index contributed by atoms with van der Waals surface area (Å²) in [4.78, 5) is 29.7. The Morgan fingerprint density at radius 2 is 1.82 bits per heavy atom. The molecule has 2 aromatic rings. The van der Waals surface area contributed by atoms with Crippen LogP contribution in [0.15, 0.2) is 64.8 Å². The highest BCUT2D eigenvalue weighted by Gasteiger charge is 2.58. The molecule has 13 heteroatoms. The number of sulfone groups is 1. The van der Waals surface area contributed by atoms with Crippen LogP contribution in [-0.2, 0) is 19.4 Å². The number of carbonyl (C=O) groups excluding carboxylic acids is 2. The van der Waals surface area contributed by atoms with E-state index in [1.165, 1.54) is 19.1 Å². The Hall–Kier alpha value is -3.45. The fourth-order valence-corrected chi connectivity index (χ4v) is 4.57. The molecule has 3 unspecified atom stereocenters. The number of aromatic nitrogens is 1. The van der Waals surface area contributed by atoms with E-state index in [1.54, 1.807) is 30.3 Å². The molecule has 9 nitrogen and oxygen atoms in total. The maximum absolute atomic E-state index is 13.8.